The topological polar surface area (TPSA) is 46.3 Å². The van der Waals surface area contributed by atoms with Crippen LogP contribution in [0.1, 0.15) is 5.56 Å². The molecule has 2 rings (SSSR count). The van der Waals surface area contributed by atoms with Crippen molar-refractivity contribution in [3.8, 4) is 0 Å². The number of rotatable bonds is 2. The molecule has 0 unspecified atom stereocenters. The summed E-state index contributed by atoms with van der Waals surface area (Å²) in [5.41, 5.74) is 8.05. The van der Waals surface area contributed by atoms with Gasteiger partial charge in [-0.2, -0.15) is 0 Å². The van der Waals surface area contributed by atoms with Gasteiger partial charge in [-0.3, -0.25) is 4.90 Å². The standard InChI is InChI=1S/C14H14N2O/c1-11-7-5-6-10-13(11)16(14(15)17)12-8-3-2-4-9-12/h2-10H,1H3,(H2,15,17). The highest BCUT2D eigenvalue weighted by atomic mass is 16.2. The molecule has 0 bridgehead atoms. The van der Waals surface area contributed by atoms with Gasteiger partial charge in [-0.05, 0) is 30.7 Å². The van der Waals surface area contributed by atoms with Gasteiger partial charge in [-0.15, -0.1) is 0 Å². The molecular formula is C14H14N2O. The normalized spacial score (nSPS) is 9.94. The predicted molar refractivity (Wildman–Crippen MR) is 69.3 cm³/mol. The van der Waals surface area contributed by atoms with Gasteiger partial charge < -0.3 is 5.73 Å². The lowest BCUT2D eigenvalue weighted by atomic mass is 10.1. The lowest BCUT2D eigenvalue weighted by Gasteiger charge is -2.22. The van der Waals surface area contributed by atoms with E-state index in [1.54, 1.807) is 0 Å². The molecule has 2 amide bonds. The summed E-state index contributed by atoms with van der Waals surface area (Å²) in [4.78, 5) is 13.1. The fourth-order valence-corrected chi connectivity index (χ4v) is 1.78. The summed E-state index contributed by atoms with van der Waals surface area (Å²) in [5.74, 6) is 0. The second-order valence-electron chi connectivity index (χ2n) is 3.80. The summed E-state index contributed by atoms with van der Waals surface area (Å²) in [6.07, 6.45) is 0. The van der Waals surface area contributed by atoms with Crippen LogP contribution in [0.15, 0.2) is 54.6 Å². The van der Waals surface area contributed by atoms with Gasteiger partial charge in [0, 0.05) is 0 Å². The van der Waals surface area contributed by atoms with E-state index < -0.39 is 6.03 Å². The van der Waals surface area contributed by atoms with Crippen LogP contribution in [0.3, 0.4) is 0 Å². The highest BCUT2D eigenvalue weighted by Gasteiger charge is 2.15. The minimum atomic E-state index is -0.481. The Morgan fingerprint density at radius 2 is 1.59 bits per heavy atom. The van der Waals surface area contributed by atoms with Gasteiger partial charge in [0.1, 0.15) is 0 Å². The van der Waals surface area contributed by atoms with Crippen LogP contribution in [-0.4, -0.2) is 6.03 Å². The smallest absolute Gasteiger partial charge is 0.323 e. The van der Waals surface area contributed by atoms with Crippen LogP contribution in [0.2, 0.25) is 0 Å². The molecular weight excluding hydrogens is 212 g/mol. The van der Waals surface area contributed by atoms with Crippen molar-refractivity contribution in [2.24, 2.45) is 5.73 Å². The number of carbonyl (C=O) groups is 1. The number of primary amides is 1. The van der Waals surface area contributed by atoms with Crippen molar-refractivity contribution < 1.29 is 4.79 Å². The van der Waals surface area contributed by atoms with Crippen molar-refractivity contribution in [2.45, 2.75) is 6.92 Å². The zero-order chi connectivity index (χ0) is 12.3. The number of hydrogen-bond acceptors (Lipinski definition) is 1. The fraction of sp³-hybridized carbons (Fsp3) is 0.0714. The fourth-order valence-electron chi connectivity index (χ4n) is 1.78. The largest absolute Gasteiger partial charge is 0.351 e. The number of hydrogen-bond donors (Lipinski definition) is 1. The summed E-state index contributed by atoms with van der Waals surface area (Å²) >= 11 is 0. The van der Waals surface area contributed by atoms with Crippen molar-refractivity contribution >= 4 is 17.4 Å². The molecule has 86 valence electrons. The number of amides is 2. The minimum Gasteiger partial charge on any atom is -0.351 e. The molecule has 0 aliphatic rings. The molecule has 0 aliphatic heterocycles. The monoisotopic (exact) mass is 226 g/mol. The first kappa shape index (κ1) is 11.2. The number of urea groups is 1. The third kappa shape index (κ3) is 2.28. The van der Waals surface area contributed by atoms with Crippen LogP contribution in [-0.2, 0) is 0 Å². The van der Waals surface area contributed by atoms with E-state index in [1.807, 2.05) is 61.5 Å². The van der Waals surface area contributed by atoms with Crippen molar-refractivity contribution in [1.29, 1.82) is 0 Å². The first-order valence-corrected chi connectivity index (χ1v) is 5.40. The number of carbonyl (C=O) groups excluding carboxylic acids is 1. The van der Waals surface area contributed by atoms with Crippen LogP contribution in [0.25, 0.3) is 0 Å². The minimum absolute atomic E-state index is 0.481. The van der Waals surface area contributed by atoms with E-state index in [1.165, 1.54) is 4.90 Å². The molecule has 0 radical (unpaired) electrons. The number of benzene rings is 2. The van der Waals surface area contributed by atoms with Gasteiger partial charge in [0.25, 0.3) is 0 Å². The van der Waals surface area contributed by atoms with Gasteiger partial charge >= 0.3 is 6.03 Å². The number of aryl methyl sites for hydroxylation is 1. The Hall–Kier alpha value is -2.29. The van der Waals surface area contributed by atoms with Gasteiger partial charge in [0.2, 0.25) is 0 Å². The van der Waals surface area contributed by atoms with E-state index in [0.29, 0.717) is 0 Å². The van der Waals surface area contributed by atoms with Crippen molar-refractivity contribution in [3.05, 3.63) is 60.2 Å². The molecule has 0 saturated carbocycles. The second kappa shape index (κ2) is 4.70. The van der Waals surface area contributed by atoms with E-state index in [4.69, 9.17) is 5.73 Å². The second-order valence-corrected chi connectivity index (χ2v) is 3.80. The predicted octanol–water partition coefficient (Wildman–Crippen LogP) is 3.21. The summed E-state index contributed by atoms with van der Waals surface area (Å²) in [5, 5.41) is 0. The molecule has 2 aromatic rings. The summed E-state index contributed by atoms with van der Waals surface area (Å²) in [6, 6.07) is 16.6. The van der Waals surface area contributed by atoms with Crippen molar-refractivity contribution in [1.82, 2.24) is 0 Å². The Morgan fingerprint density at radius 3 is 2.18 bits per heavy atom. The molecule has 0 aromatic heterocycles. The van der Waals surface area contributed by atoms with Crippen LogP contribution < -0.4 is 10.6 Å². The van der Waals surface area contributed by atoms with Crippen molar-refractivity contribution in [2.75, 3.05) is 4.90 Å². The molecule has 17 heavy (non-hydrogen) atoms. The molecule has 3 nitrogen and oxygen atoms in total. The molecule has 0 atom stereocenters. The average molecular weight is 226 g/mol. The Labute approximate surface area is 100 Å². The van der Waals surface area contributed by atoms with Gasteiger partial charge in [0.05, 0.1) is 11.4 Å². The molecule has 0 aliphatic carbocycles. The third-order valence-electron chi connectivity index (χ3n) is 2.59. The van der Waals surface area contributed by atoms with Crippen LogP contribution in [0.4, 0.5) is 16.2 Å². The zero-order valence-corrected chi connectivity index (χ0v) is 9.63. The Morgan fingerprint density at radius 1 is 1.00 bits per heavy atom. The maximum absolute atomic E-state index is 11.6. The Bertz CT molecular complexity index is 523. The lowest BCUT2D eigenvalue weighted by molar-refractivity contribution is 0.256. The quantitative estimate of drug-likeness (QED) is 0.839. The van der Waals surface area contributed by atoms with E-state index in [0.717, 1.165) is 16.9 Å². The number of para-hydroxylation sites is 2. The first-order chi connectivity index (χ1) is 8.20. The summed E-state index contributed by atoms with van der Waals surface area (Å²) in [7, 11) is 0. The summed E-state index contributed by atoms with van der Waals surface area (Å²) < 4.78 is 0. The molecule has 2 aromatic carbocycles. The molecule has 0 fully saturated rings. The van der Waals surface area contributed by atoms with Crippen LogP contribution in [0.5, 0.6) is 0 Å². The molecule has 3 heteroatoms. The Kier molecular flexibility index (Phi) is 3.10. The molecule has 0 saturated heterocycles. The number of anilines is 2. The lowest BCUT2D eigenvalue weighted by Crippen LogP contribution is -2.31. The highest BCUT2D eigenvalue weighted by Crippen LogP contribution is 2.27. The van der Waals surface area contributed by atoms with Crippen molar-refractivity contribution in [3.63, 3.8) is 0 Å². The number of nitrogens with two attached hydrogens (primary N) is 1. The molecule has 0 spiro atoms. The van der Waals surface area contributed by atoms with Crippen LogP contribution in [0, 0.1) is 6.92 Å². The van der Waals surface area contributed by atoms with E-state index in [2.05, 4.69) is 0 Å². The molecule has 0 heterocycles. The maximum atomic E-state index is 11.6. The van der Waals surface area contributed by atoms with Gasteiger partial charge in [0.15, 0.2) is 0 Å². The number of nitrogens with zero attached hydrogens (tertiary/aromatic N) is 1. The van der Waals surface area contributed by atoms with Gasteiger partial charge in [-0.25, -0.2) is 4.79 Å². The first-order valence-electron chi connectivity index (χ1n) is 5.40. The Balaban J connectivity index is 2.51. The van der Waals surface area contributed by atoms with E-state index in [9.17, 15) is 4.79 Å². The van der Waals surface area contributed by atoms with Crippen LogP contribution >= 0.6 is 0 Å². The van der Waals surface area contributed by atoms with E-state index >= 15 is 0 Å². The SMILES string of the molecule is Cc1ccccc1N(C(N)=O)c1ccccc1. The zero-order valence-electron chi connectivity index (χ0n) is 9.63. The molecule has 2 N–H and O–H groups in total. The summed E-state index contributed by atoms with van der Waals surface area (Å²) in [6.45, 7) is 1.95. The highest BCUT2D eigenvalue weighted by molar-refractivity contribution is 5.99. The third-order valence-corrected chi connectivity index (χ3v) is 2.59. The van der Waals surface area contributed by atoms with E-state index in [-0.39, 0.29) is 0 Å². The maximum Gasteiger partial charge on any atom is 0.323 e. The average Bonchev–Trinajstić information content (AvgIpc) is 2.33. The van der Waals surface area contributed by atoms with Gasteiger partial charge in [-0.1, -0.05) is 36.4 Å².